The minimum atomic E-state index is -0.264. The fraction of sp³-hybridized carbons (Fsp3) is 0.188. The van der Waals surface area contributed by atoms with Crippen molar-refractivity contribution in [2.75, 3.05) is 7.11 Å². The summed E-state index contributed by atoms with van der Waals surface area (Å²) < 4.78 is 20.8. The minimum Gasteiger partial charge on any atom is -0.497 e. The molecule has 0 N–H and O–H groups in total. The summed E-state index contributed by atoms with van der Waals surface area (Å²) in [5, 5.41) is 12.6. The molecule has 0 amide bonds. The van der Waals surface area contributed by atoms with Crippen LogP contribution in [0, 0.1) is 5.82 Å². The Labute approximate surface area is 151 Å². The van der Waals surface area contributed by atoms with Crippen molar-refractivity contribution in [3.05, 3.63) is 63.9 Å². The van der Waals surface area contributed by atoms with E-state index in [1.54, 1.807) is 17.9 Å². The van der Waals surface area contributed by atoms with Gasteiger partial charge in [0.25, 0.3) is 0 Å². The van der Waals surface area contributed by atoms with Gasteiger partial charge in [-0.1, -0.05) is 45.9 Å². The molecular weight excluding hydrogens is 395 g/mol. The summed E-state index contributed by atoms with van der Waals surface area (Å²) in [7, 11) is 1.64. The highest BCUT2D eigenvalue weighted by atomic mass is 79.9. The standard InChI is InChI=1S/C16H14BrFN4OS/c1-23-14-6-2-11(3-7-14)9-22-16(19-20-21-22)24-10-12-4-5-13(18)8-15(12)17/h2-8H,9-10H2,1H3. The van der Waals surface area contributed by atoms with Crippen molar-refractivity contribution < 1.29 is 9.13 Å². The van der Waals surface area contributed by atoms with Crippen LogP contribution >= 0.6 is 27.7 Å². The van der Waals surface area contributed by atoms with Crippen LogP contribution in [0.15, 0.2) is 52.1 Å². The zero-order valence-corrected chi connectivity index (χ0v) is 15.2. The second kappa shape index (κ2) is 7.76. The molecule has 0 radical (unpaired) electrons. The van der Waals surface area contributed by atoms with E-state index in [0.717, 1.165) is 21.3 Å². The lowest BCUT2D eigenvalue weighted by atomic mass is 10.2. The fourth-order valence-corrected chi connectivity index (χ4v) is 3.64. The average Bonchev–Trinajstić information content (AvgIpc) is 3.02. The largest absolute Gasteiger partial charge is 0.497 e. The maximum Gasteiger partial charge on any atom is 0.209 e. The molecule has 0 saturated heterocycles. The number of aromatic nitrogens is 4. The molecule has 2 aromatic carbocycles. The predicted molar refractivity (Wildman–Crippen MR) is 93.6 cm³/mol. The summed E-state index contributed by atoms with van der Waals surface area (Å²) in [5.74, 6) is 1.19. The first kappa shape index (κ1) is 16.9. The number of methoxy groups -OCH3 is 1. The van der Waals surface area contributed by atoms with Crippen LogP contribution in [0.4, 0.5) is 4.39 Å². The van der Waals surface area contributed by atoms with Gasteiger partial charge in [0.05, 0.1) is 13.7 Å². The third kappa shape index (κ3) is 4.12. The Morgan fingerprint density at radius 1 is 1.21 bits per heavy atom. The summed E-state index contributed by atoms with van der Waals surface area (Å²) in [4.78, 5) is 0. The number of nitrogens with zero attached hydrogens (tertiary/aromatic N) is 4. The van der Waals surface area contributed by atoms with Gasteiger partial charge in [0.15, 0.2) is 0 Å². The highest BCUT2D eigenvalue weighted by molar-refractivity contribution is 9.10. The molecule has 8 heteroatoms. The third-order valence-corrected chi connectivity index (χ3v) is 5.11. The quantitative estimate of drug-likeness (QED) is 0.578. The van der Waals surface area contributed by atoms with E-state index in [1.165, 1.54) is 23.9 Å². The first-order valence-corrected chi connectivity index (χ1v) is 8.89. The van der Waals surface area contributed by atoms with Gasteiger partial charge in [-0.05, 0) is 45.8 Å². The summed E-state index contributed by atoms with van der Waals surface area (Å²) in [6, 6.07) is 12.4. The predicted octanol–water partition coefficient (Wildman–Crippen LogP) is 3.92. The maximum absolute atomic E-state index is 13.1. The van der Waals surface area contributed by atoms with E-state index in [-0.39, 0.29) is 5.82 Å². The molecule has 0 aliphatic heterocycles. The summed E-state index contributed by atoms with van der Waals surface area (Å²) >= 11 is 4.88. The number of tetrazole rings is 1. The lowest BCUT2D eigenvalue weighted by Gasteiger charge is -2.07. The van der Waals surface area contributed by atoms with Crippen molar-refractivity contribution in [1.82, 2.24) is 20.2 Å². The van der Waals surface area contributed by atoms with Crippen molar-refractivity contribution in [1.29, 1.82) is 0 Å². The van der Waals surface area contributed by atoms with E-state index in [4.69, 9.17) is 4.74 Å². The molecule has 0 spiro atoms. The van der Waals surface area contributed by atoms with E-state index < -0.39 is 0 Å². The Balaban J connectivity index is 1.68. The second-order valence-corrected chi connectivity index (χ2v) is 6.79. The summed E-state index contributed by atoms with van der Waals surface area (Å²) in [6.07, 6.45) is 0. The van der Waals surface area contributed by atoms with Crippen LogP contribution < -0.4 is 4.74 Å². The van der Waals surface area contributed by atoms with Crippen LogP contribution in [0.3, 0.4) is 0 Å². The number of hydrogen-bond acceptors (Lipinski definition) is 5. The number of halogens is 2. The lowest BCUT2D eigenvalue weighted by molar-refractivity contribution is 0.414. The first-order valence-electron chi connectivity index (χ1n) is 7.11. The van der Waals surface area contributed by atoms with Crippen LogP contribution in [0.1, 0.15) is 11.1 Å². The molecule has 0 unspecified atom stereocenters. The van der Waals surface area contributed by atoms with Gasteiger partial charge < -0.3 is 4.74 Å². The van der Waals surface area contributed by atoms with Gasteiger partial charge in [0.2, 0.25) is 5.16 Å². The van der Waals surface area contributed by atoms with Gasteiger partial charge in [-0.15, -0.1) is 5.10 Å². The molecule has 0 saturated carbocycles. The molecule has 1 aromatic heterocycles. The van der Waals surface area contributed by atoms with Crippen LogP contribution in [-0.4, -0.2) is 27.3 Å². The Kier molecular flexibility index (Phi) is 5.47. The van der Waals surface area contributed by atoms with Crippen molar-refractivity contribution in [3.63, 3.8) is 0 Å². The minimum absolute atomic E-state index is 0.264. The molecule has 0 fully saturated rings. The van der Waals surface area contributed by atoms with E-state index in [9.17, 15) is 4.39 Å². The maximum atomic E-state index is 13.1. The summed E-state index contributed by atoms with van der Waals surface area (Å²) in [5.41, 5.74) is 2.06. The fourth-order valence-electron chi connectivity index (χ4n) is 2.08. The van der Waals surface area contributed by atoms with Gasteiger partial charge in [-0.3, -0.25) is 0 Å². The zero-order chi connectivity index (χ0) is 16.9. The SMILES string of the molecule is COc1ccc(Cn2nnnc2SCc2ccc(F)cc2Br)cc1. The summed E-state index contributed by atoms with van der Waals surface area (Å²) in [6.45, 7) is 0.573. The van der Waals surface area contributed by atoms with Crippen molar-refractivity contribution >= 4 is 27.7 Å². The molecule has 1 heterocycles. The van der Waals surface area contributed by atoms with Crippen molar-refractivity contribution in [2.24, 2.45) is 0 Å². The molecule has 3 rings (SSSR count). The van der Waals surface area contributed by atoms with Crippen molar-refractivity contribution in [2.45, 2.75) is 17.5 Å². The Morgan fingerprint density at radius 2 is 2.00 bits per heavy atom. The molecule has 0 aliphatic rings. The van der Waals surface area contributed by atoms with Gasteiger partial charge in [-0.2, -0.15) is 0 Å². The third-order valence-electron chi connectivity index (χ3n) is 3.36. The Bertz CT molecular complexity index is 825. The van der Waals surface area contributed by atoms with Crippen LogP contribution in [0.2, 0.25) is 0 Å². The van der Waals surface area contributed by atoms with Gasteiger partial charge in [0, 0.05) is 10.2 Å². The van der Waals surface area contributed by atoms with Gasteiger partial charge in [0.1, 0.15) is 11.6 Å². The van der Waals surface area contributed by atoms with E-state index >= 15 is 0 Å². The molecule has 5 nitrogen and oxygen atoms in total. The van der Waals surface area contributed by atoms with Crippen LogP contribution in [-0.2, 0) is 12.3 Å². The van der Waals surface area contributed by atoms with Crippen LogP contribution in [0.25, 0.3) is 0 Å². The highest BCUT2D eigenvalue weighted by Crippen LogP contribution is 2.26. The van der Waals surface area contributed by atoms with E-state index in [1.807, 2.05) is 24.3 Å². The molecule has 3 aromatic rings. The molecule has 24 heavy (non-hydrogen) atoms. The van der Waals surface area contributed by atoms with E-state index in [0.29, 0.717) is 17.5 Å². The molecule has 0 aliphatic carbocycles. The number of benzene rings is 2. The van der Waals surface area contributed by atoms with Crippen LogP contribution in [0.5, 0.6) is 5.75 Å². The number of ether oxygens (including phenoxy) is 1. The average molecular weight is 409 g/mol. The lowest BCUT2D eigenvalue weighted by Crippen LogP contribution is -2.04. The highest BCUT2D eigenvalue weighted by Gasteiger charge is 2.10. The second-order valence-electron chi connectivity index (χ2n) is 4.99. The van der Waals surface area contributed by atoms with Gasteiger partial charge in [-0.25, -0.2) is 9.07 Å². The Morgan fingerprint density at radius 3 is 2.71 bits per heavy atom. The van der Waals surface area contributed by atoms with Gasteiger partial charge >= 0.3 is 0 Å². The number of thioether (sulfide) groups is 1. The number of hydrogen-bond donors (Lipinski definition) is 0. The van der Waals surface area contributed by atoms with Crippen molar-refractivity contribution in [3.8, 4) is 5.75 Å². The molecule has 0 bridgehead atoms. The molecular formula is C16H14BrFN4OS. The smallest absolute Gasteiger partial charge is 0.209 e. The molecule has 0 atom stereocenters. The topological polar surface area (TPSA) is 52.8 Å². The zero-order valence-electron chi connectivity index (χ0n) is 12.8. The molecule has 124 valence electrons. The van der Waals surface area contributed by atoms with E-state index in [2.05, 4.69) is 31.5 Å². The first-order chi connectivity index (χ1) is 11.7. The monoisotopic (exact) mass is 408 g/mol. The number of rotatable bonds is 6. The Hall–Kier alpha value is -1.93. The normalized spacial score (nSPS) is 10.8.